The van der Waals surface area contributed by atoms with Gasteiger partial charge in [0.05, 0.1) is 16.3 Å². The van der Waals surface area contributed by atoms with Crippen LogP contribution in [0.25, 0.3) is 0 Å². The van der Waals surface area contributed by atoms with Crippen molar-refractivity contribution < 1.29 is 18.8 Å². The lowest BCUT2D eigenvalue weighted by Crippen LogP contribution is -2.15. The van der Waals surface area contributed by atoms with E-state index < -0.39 is 10.0 Å². The Bertz CT molecular complexity index is 700. The molecule has 0 aromatic heterocycles. The summed E-state index contributed by atoms with van der Waals surface area (Å²) >= 11 is 0. The minimum atomic E-state index is -3.70. The Hall–Kier alpha value is -2.09. The molecule has 2 aromatic rings. The maximum atomic E-state index is 12.1. The molecule has 0 aliphatic carbocycles. The van der Waals surface area contributed by atoms with E-state index in [9.17, 15) is 8.42 Å². The van der Waals surface area contributed by atoms with Crippen molar-refractivity contribution in [2.24, 2.45) is 0 Å². The molecule has 0 spiro atoms. The van der Waals surface area contributed by atoms with Crippen LogP contribution in [0.5, 0.6) is 0 Å². The summed E-state index contributed by atoms with van der Waals surface area (Å²) in [6.45, 7) is 1.67. The largest absolute Gasteiger partial charge is 0.280 e. The fraction of sp³-hybridized carbons (Fsp3) is 0.0769. The van der Waals surface area contributed by atoms with Gasteiger partial charge in [0.15, 0.2) is 0 Å². The fourth-order valence-corrected chi connectivity index (χ4v) is 2.77. The second-order valence-electron chi connectivity index (χ2n) is 4.21. The minimum Gasteiger partial charge on any atom is -0.280 e. The molecule has 6 nitrogen and oxygen atoms in total. The van der Waals surface area contributed by atoms with Crippen molar-refractivity contribution >= 4 is 21.4 Å². The van der Waals surface area contributed by atoms with Gasteiger partial charge in [-0.15, -0.1) is 5.23 Å². The quantitative estimate of drug-likeness (QED) is 0.753. The maximum absolute atomic E-state index is 12.1. The van der Waals surface area contributed by atoms with Gasteiger partial charge >= 0.3 is 0 Å². The van der Waals surface area contributed by atoms with Crippen molar-refractivity contribution in [3.8, 4) is 0 Å². The van der Waals surface area contributed by atoms with Gasteiger partial charge in [-0.05, 0) is 36.8 Å². The zero-order valence-electron chi connectivity index (χ0n) is 10.7. The number of benzene rings is 2. The zero-order valence-corrected chi connectivity index (χ0v) is 11.5. The summed E-state index contributed by atoms with van der Waals surface area (Å²) in [5, 5.41) is 18.1. The van der Waals surface area contributed by atoms with Gasteiger partial charge in [-0.3, -0.25) is 15.1 Å². The van der Waals surface area contributed by atoms with Crippen LogP contribution in [0, 0.1) is 6.92 Å². The normalized spacial score (nSPS) is 11.2. The predicted octanol–water partition coefficient (Wildman–Crippen LogP) is 2.38. The molecule has 0 atom stereocenters. The molecule has 0 bridgehead atoms. The van der Waals surface area contributed by atoms with Gasteiger partial charge in [-0.1, -0.05) is 24.3 Å². The first-order chi connectivity index (χ1) is 9.40. The minimum absolute atomic E-state index is 0.0460. The highest BCUT2D eigenvalue weighted by Crippen LogP contribution is 2.24. The van der Waals surface area contributed by atoms with E-state index in [0.717, 1.165) is 0 Å². The lowest BCUT2D eigenvalue weighted by molar-refractivity contribution is 0.0288. The third-order valence-corrected chi connectivity index (χ3v) is 4.13. The Morgan fingerprint density at radius 2 is 1.70 bits per heavy atom. The second kappa shape index (κ2) is 5.49. The monoisotopic (exact) mass is 294 g/mol. The van der Waals surface area contributed by atoms with Crippen molar-refractivity contribution in [3.63, 3.8) is 0 Å². The van der Waals surface area contributed by atoms with E-state index in [2.05, 4.69) is 4.72 Å². The zero-order chi connectivity index (χ0) is 14.8. The van der Waals surface area contributed by atoms with E-state index in [1.54, 1.807) is 37.3 Å². The third-order valence-electron chi connectivity index (χ3n) is 2.73. The first kappa shape index (κ1) is 14.3. The predicted molar refractivity (Wildman–Crippen MR) is 74.5 cm³/mol. The molecule has 0 amide bonds. The van der Waals surface area contributed by atoms with Crippen LogP contribution in [0.15, 0.2) is 53.4 Å². The van der Waals surface area contributed by atoms with Gasteiger partial charge in [0.1, 0.15) is 0 Å². The van der Waals surface area contributed by atoms with E-state index in [1.165, 1.54) is 18.2 Å². The van der Waals surface area contributed by atoms with E-state index in [1.807, 2.05) is 0 Å². The maximum Gasteiger partial charge on any atom is 0.261 e. The highest BCUT2D eigenvalue weighted by molar-refractivity contribution is 7.92. The molecule has 0 radical (unpaired) electrons. The topological polar surface area (TPSA) is 89.9 Å². The molecule has 2 rings (SSSR count). The van der Waals surface area contributed by atoms with Crippen molar-refractivity contribution in [1.82, 2.24) is 0 Å². The number of sulfonamides is 1. The number of hydrogen-bond donors (Lipinski definition) is 3. The second-order valence-corrected chi connectivity index (χ2v) is 5.89. The standard InChI is InChI=1S/C13H14N2O4S/c1-10-7-8-11(9-13(10)15(16)17)14-20(18,19)12-5-3-2-4-6-12/h2-9,14,16-17H,1H3. The molecule has 0 heterocycles. The van der Waals surface area contributed by atoms with Crippen molar-refractivity contribution in [2.75, 3.05) is 9.95 Å². The molecule has 106 valence electrons. The SMILES string of the molecule is Cc1ccc(NS(=O)(=O)c2ccccc2)cc1N(O)O. The molecule has 0 unspecified atom stereocenters. The summed E-state index contributed by atoms with van der Waals surface area (Å²) in [6, 6.07) is 12.4. The molecule has 7 heteroatoms. The van der Waals surface area contributed by atoms with Gasteiger partial charge in [0, 0.05) is 0 Å². The van der Waals surface area contributed by atoms with E-state index in [0.29, 0.717) is 5.56 Å². The van der Waals surface area contributed by atoms with Gasteiger partial charge in [0.25, 0.3) is 10.0 Å². The lowest BCUT2D eigenvalue weighted by atomic mass is 10.2. The smallest absolute Gasteiger partial charge is 0.261 e. The molecule has 20 heavy (non-hydrogen) atoms. The van der Waals surface area contributed by atoms with E-state index in [-0.39, 0.29) is 21.5 Å². The number of nitrogens with one attached hydrogen (secondary N) is 1. The molecule has 2 aromatic carbocycles. The summed E-state index contributed by atoms with van der Waals surface area (Å²) in [6.07, 6.45) is 0. The molecule has 0 aliphatic heterocycles. The van der Waals surface area contributed by atoms with Gasteiger partial charge < -0.3 is 0 Å². The van der Waals surface area contributed by atoms with Crippen LogP contribution in [0.1, 0.15) is 5.56 Å². The van der Waals surface area contributed by atoms with Crippen molar-refractivity contribution in [3.05, 3.63) is 54.1 Å². The summed E-state index contributed by atoms with van der Waals surface area (Å²) in [7, 11) is -3.70. The fourth-order valence-electron chi connectivity index (χ4n) is 1.70. The molecule has 0 fully saturated rings. The van der Waals surface area contributed by atoms with Crippen LogP contribution >= 0.6 is 0 Å². The first-order valence-corrected chi connectivity index (χ1v) is 7.25. The molecular formula is C13H14N2O4S. The van der Waals surface area contributed by atoms with Crippen molar-refractivity contribution in [1.29, 1.82) is 0 Å². The van der Waals surface area contributed by atoms with Crippen LogP contribution in [0.3, 0.4) is 0 Å². The molecule has 0 saturated carbocycles. The van der Waals surface area contributed by atoms with Crippen molar-refractivity contribution in [2.45, 2.75) is 11.8 Å². The average Bonchev–Trinajstić information content (AvgIpc) is 2.41. The van der Waals surface area contributed by atoms with Crippen LogP contribution in [-0.2, 0) is 10.0 Å². The summed E-state index contributed by atoms with van der Waals surface area (Å²) in [5.41, 5.74) is 0.929. The summed E-state index contributed by atoms with van der Waals surface area (Å²) < 4.78 is 26.6. The lowest BCUT2D eigenvalue weighted by Gasteiger charge is -2.14. The molecule has 3 N–H and O–H groups in total. The van der Waals surface area contributed by atoms with Crippen LogP contribution in [0.4, 0.5) is 11.4 Å². The van der Waals surface area contributed by atoms with E-state index in [4.69, 9.17) is 10.4 Å². The highest BCUT2D eigenvalue weighted by atomic mass is 32.2. The van der Waals surface area contributed by atoms with Gasteiger partial charge in [-0.2, -0.15) is 0 Å². The molecular weight excluding hydrogens is 280 g/mol. The van der Waals surface area contributed by atoms with Crippen LogP contribution in [-0.4, -0.2) is 18.8 Å². The summed E-state index contributed by atoms with van der Waals surface area (Å²) in [5.74, 6) is 0. The third kappa shape index (κ3) is 3.08. The number of nitrogens with zero attached hydrogens (tertiary/aromatic N) is 1. The van der Waals surface area contributed by atoms with Gasteiger partial charge in [0.2, 0.25) is 0 Å². The number of hydrogen-bond acceptors (Lipinski definition) is 5. The number of rotatable bonds is 4. The Balaban J connectivity index is 2.33. The highest BCUT2D eigenvalue weighted by Gasteiger charge is 2.14. The Labute approximate surface area is 116 Å². The molecule has 0 saturated heterocycles. The van der Waals surface area contributed by atoms with Gasteiger partial charge in [-0.25, -0.2) is 8.42 Å². The Morgan fingerprint density at radius 1 is 1.05 bits per heavy atom. The molecule has 0 aliphatic rings. The number of anilines is 2. The average molecular weight is 294 g/mol. The van der Waals surface area contributed by atoms with E-state index >= 15 is 0 Å². The first-order valence-electron chi connectivity index (χ1n) is 5.76. The van der Waals surface area contributed by atoms with Crippen LogP contribution in [0.2, 0.25) is 0 Å². The Kier molecular flexibility index (Phi) is 3.93. The Morgan fingerprint density at radius 3 is 2.30 bits per heavy atom. The summed E-state index contributed by atoms with van der Waals surface area (Å²) in [4.78, 5) is 0.131. The number of aryl methyl sites for hydroxylation is 1. The van der Waals surface area contributed by atoms with Crippen LogP contribution < -0.4 is 9.95 Å².